The molecule has 1 aliphatic heterocycles. The van der Waals surface area contributed by atoms with Crippen molar-refractivity contribution in [1.29, 1.82) is 0 Å². The van der Waals surface area contributed by atoms with Crippen molar-refractivity contribution < 1.29 is 42.5 Å². The third-order valence-electron chi connectivity index (χ3n) is 10.2. The van der Waals surface area contributed by atoms with Gasteiger partial charge in [0.1, 0.15) is 22.7 Å². The lowest BCUT2D eigenvalue weighted by atomic mass is 9.82. The third-order valence-corrected chi connectivity index (χ3v) is 10.5. The Hall–Kier alpha value is -6.40. The number of nitrogens with zero attached hydrogens (tertiary/aromatic N) is 1. The molecule has 60 heavy (non-hydrogen) atoms. The van der Waals surface area contributed by atoms with Gasteiger partial charge >= 0.3 is 23.2 Å². The van der Waals surface area contributed by atoms with E-state index in [1.807, 2.05) is 55.5 Å². The first-order chi connectivity index (χ1) is 28.5. The van der Waals surface area contributed by atoms with E-state index in [9.17, 15) is 29.1 Å². The number of hydrogen-bond donors (Lipinski definition) is 1. The number of fused-ring (bicyclic) bond motifs is 2. The van der Waals surface area contributed by atoms with Gasteiger partial charge in [-0.3, -0.25) is 9.59 Å². The van der Waals surface area contributed by atoms with Gasteiger partial charge in [0.25, 0.3) is 5.91 Å². The summed E-state index contributed by atoms with van der Waals surface area (Å²) in [5.41, 5.74) is 2.98. The SMILES string of the molecule is CC(Oc1ccc2c(-c3ccccc3Cl)cc(=O)oc2c1)C(=O)N1CCCC(C)(C(=O)O)C1.Cc1ccccc1-c1cc(=O)oc2cc(O[C@H](C)C(=O)OC(C)C)ccc12. The Balaban J connectivity index is 0.000000205. The molecular formula is C47H46ClNO11. The number of esters is 1. The summed E-state index contributed by atoms with van der Waals surface area (Å²) in [5.74, 6) is -0.845. The number of carbonyl (C=O) groups excluding carboxylic acids is 2. The van der Waals surface area contributed by atoms with Gasteiger partial charge < -0.3 is 33.1 Å². The molecule has 1 N–H and O–H groups in total. The van der Waals surface area contributed by atoms with E-state index >= 15 is 0 Å². The average molecular weight is 836 g/mol. The topological polar surface area (TPSA) is 163 Å². The van der Waals surface area contributed by atoms with Crippen molar-refractivity contribution in [2.24, 2.45) is 5.41 Å². The number of carboxylic acid groups (broad SMARTS) is 1. The molecule has 1 aliphatic rings. The molecule has 4 aromatic carbocycles. The molecule has 3 atom stereocenters. The van der Waals surface area contributed by atoms with Crippen molar-refractivity contribution in [3.05, 3.63) is 128 Å². The zero-order valence-electron chi connectivity index (χ0n) is 34.2. The molecule has 3 heterocycles. The van der Waals surface area contributed by atoms with Crippen LogP contribution in [0.5, 0.6) is 11.5 Å². The summed E-state index contributed by atoms with van der Waals surface area (Å²) in [7, 11) is 0. The first kappa shape index (κ1) is 43.2. The number of ether oxygens (including phenoxy) is 3. The molecule has 0 spiro atoms. The van der Waals surface area contributed by atoms with Crippen LogP contribution in [-0.4, -0.2) is 59.3 Å². The van der Waals surface area contributed by atoms with E-state index in [0.717, 1.165) is 22.1 Å². The van der Waals surface area contributed by atoms with E-state index in [1.165, 1.54) is 12.1 Å². The minimum Gasteiger partial charge on any atom is -0.481 e. The number of halogens is 1. The molecule has 0 radical (unpaired) electrons. The summed E-state index contributed by atoms with van der Waals surface area (Å²) in [4.78, 5) is 62.3. The fourth-order valence-corrected chi connectivity index (χ4v) is 7.36. The molecule has 0 saturated carbocycles. The van der Waals surface area contributed by atoms with E-state index in [1.54, 1.807) is 75.9 Å². The van der Waals surface area contributed by atoms with Gasteiger partial charge in [-0.05, 0) is 95.8 Å². The van der Waals surface area contributed by atoms with Crippen LogP contribution in [0, 0.1) is 12.3 Å². The summed E-state index contributed by atoms with van der Waals surface area (Å²) in [6.07, 6.45) is -0.672. The number of carbonyl (C=O) groups is 3. The van der Waals surface area contributed by atoms with E-state index in [4.69, 9.17) is 34.6 Å². The maximum absolute atomic E-state index is 12.9. The van der Waals surface area contributed by atoms with Gasteiger partial charge in [0.15, 0.2) is 12.2 Å². The highest BCUT2D eigenvalue weighted by molar-refractivity contribution is 6.33. The minimum atomic E-state index is -0.963. The van der Waals surface area contributed by atoms with Crippen molar-refractivity contribution >= 4 is 51.4 Å². The second-order valence-corrected chi connectivity index (χ2v) is 15.7. The number of piperidine rings is 1. The Kier molecular flexibility index (Phi) is 13.1. The predicted molar refractivity (Wildman–Crippen MR) is 229 cm³/mol. The summed E-state index contributed by atoms with van der Waals surface area (Å²) in [5, 5.41) is 11.5. The average Bonchev–Trinajstić information content (AvgIpc) is 3.20. The lowest BCUT2D eigenvalue weighted by Crippen LogP contribution is -2.51. The fraction of sp³-hybridized carbons (Fsp3) is 0.298. The number of hydrogen-bond acceptors (Lipinski definition) is 10. The Morgan fingerprint density at radius 3 is 1.82 bits per heavy atom. The third kappa shape index (κ3) is 9.89. The number of carboxylic acids is 1. The standard InChI is InChI=1S/C25H24ClNO6.C22H22O5/c1-15(23(29)27-11-5-10-25(2,14-27)24(30)31)32-16-8-9-18-19(13-22(28)33-21(18)12-16)17-6-3-4-7-20(17)26;1-13(2)25-22(24)15(4)26-16-9-10-18-19(12-21(23)27-20(18)11-16)17-8-6-5-7-14(17)3/h3-4,6-9,12-13,15H,5,10-11,14H2,1-2H3,(H,30,31);5-13,15H,1-4H3/t;15-/m.1/s1. The molecule has 12 nitrogen and oxygen atoms in total. The molecule has 0 aliphatic carbocycles. The lowest BCUT2D eigenvalue weighted by molar-refractivity contribution is -0.156. The molecule has 312 valence electrons. The number of rotatable bonds is 10. The van der Waals surface area contributed by atoms with Crippen molar-refractivity contribution in [3.8, 4) is 33.8 Å². The second-order valence-electron chi connectivity index (χ2n) is 15.3. The summed E-state index contributed by atoms with van der Waals surface area (Å²) in [6, 6.07) is 28.2. The van der Waals surface area contributed by atoms with Gasteiger partial charge in [0, 0.05) is 69.8 Å². The van der Waals surface area contributed by atoms with Gasteiger partial charge in [0.2, 0.25) is 0 Å². The largest absolute Gasteiger partial charge is 0.481 e. The summed E-state index contributed by atoms with van der Waals surface area (Å²) in [6.45, 7) is 11.1. The Labute approximate surface area is 351 Å². The summed E-state index contributed by atoms with van der Waals surface area (Å²) >= 11 is 6.32. The first-order valence-electron chi connectivity index (χ1n) is 19.6. The van der Waals surface area contributed by atoms with Crippen LogP contribution in [-0.2, 0) is 19.1 Å². The van der Waals surface area contributed by atoms with Crippen LogP contribution in [0.25, 0.3) is 44.2 Å². The molecule has 2 unspecified atom stereocenters. The molecule has 13 heteroatoms. The number of aryl methyl sites for hydroxylation is 1. The quantitative estimate of drug-likeness (QED) is 0.103. The van der Waals surface area contributed by atoms with E-state index < -0.39 is 40.8 Å². The normalized spacial score (nSPS) is 16.1. The van der Waals surface area contributed by atoms with Crippen molar-refractivity contribution in [2.75, 3.05) is 13.1 Å². The van der Waals surface area contributed by atoms with Gasteiger partial charge in [-0.25, -0.2) is 14.4 Å². The highest BCUT2D eigenvalue weighted by atomic mass is 35.5. The molecule has 7 rings (SSSR count). The zero-order valence-corrected chi connectivity index (χ0v) is 34.9. The molecule has 2 aromatic heterocycles. The van der Waals surface area contributed by atoms with Crippen molar-refractivity contribution in [1.82, 2.24) is 4.90 Å². The monoisotopic (exact) mass is 835 g/mol. The van der Waals surface area contributed by atoms with Crippen LogP contribution in [0.15, 0.2) is 115 Å². The molecule has 0 bridgehead atoms. The Morgan fingerprint density at radius 2 is 1.27 bits per heavy atom. The van der Waals surface area contributed by atoms with Crippen LogP contribution in [0.3, 0.4) is 0 Å². The minimum absolute atomic E-state index is 0.142. The van der Waals surface area contributed by atoms with E-state index in [0.29, 0.717) is 63.6 Å². The predicted octanol–water partition coefficient (Wildman–Crippen LogP) is 9.08. The van der Waals surface area contributed by atoms with Gasteiger partial charge in [-0.15, -0.1) is 0 Å². The first-order valence-corrected chi connectivity index (χ1v) is 19.9. The van der Waals surface area contributed by atoms with E-state index in [-0.39, 0.29) is 18.6 Å². The Morgan fingerprint density at radius 1 is 0.733 bits per heavy atom. The van der Waals surface area contributed by atoms with Crippen LogP contribution in [0.4, 0.5) is 0 Å². The van der Waals surface area contributed by atoms with Crippen molar-refractivity contribution in [3.63, 3.8) is 0 Å². The number of aliphatic carboxylic acids is 1. The second kappa shape index (κ2) is 18.3. The fourth-order valence-electron chi connectivity index (χ4n) is 7.13. The van der Waals surface area contributed by atoms with Crippen LogP contribution >= 0.6 is 11.6 Å². The molecule has 1 saturated heterocycles. The zero-order chi connectivity index (χ0) is 43.3. The molecule has 1 fully saturated rings. The number of benzene rings is 4. The highest BCUT2D eigenvalue weighted by Crippen LogP contribution is 2.35. The number of amides is 1. The van der Waals surface area contributed by atoms with Crippen LogP contribution < -0.4 is 20.7 Å². The molecule has 6 aromatic rings. The van der Waals surface area contributed by atoms with Gasteiger partial charge in [-0.2, -0.15) is 0 Å². The lowest BCUT2D eigenvalue weighted by Gasteiger charge is -2.38. The van der Waals surface area contributed by atoms with Crippen molar-refractivity contribution in [2.45, 2.75) is 72.7 Å². The smallest absolute Gasteiger partial charge is 0.347 e. The van der Waals surface area contributed by atoms with Gasteiger partial charge in [-0.1, -0.05) is 54.1 Å². The Bertz CT molecular complexity index is 2690. The maximum Gasteiger partial charge on any atom is 0.347 e. The van der Waals surface area contributed by atoms with Gasteiger partial charge in [0.05, 0.1) is 11.5 Å². The maximum atomic E-state index is 12.9. The summed E-state index contributed by atoms with van der Waals surface area (Å²) < 4.78 is 27.4. The number of likely N-dealkylation sites (tertiary alicyclic amines) is 1. The molecule has 1 amide bonds. The highest BCUT2D eigenvalue weighted by Gasteiger charge is 2.40. The van der Waals surface area contributed by atoms with E-state index in [2.05, 4.69) is 0 Å². The van der Waals surface area contributed by atoms with Crippen LogP contribution in [0.1, 0.15) is 53.0 Å². The van der Waals surface area contributed by atoms with Crippen LogP contribution in [0.2, 0.25) is 5.02 Å². The molecular weight excluding hydrogens is 790 g/mol.